The highest BCUT2D eigenvalue weighted by Crippen LogP contribution is 2.18. The van der Waals surface area contributed by atoms with Crippen LogP contribution < -0.4 is 5.32 Å². The van der Waals surface area contributed by atoms with Gasteiger partial charge in [-0.05, 0) is 18.1 Å². The summed E-state index contributed by atoms with van der Waals surface area (Å²) in [6.45, 7) is 6.99. The minimum Gasteiger partial charge on any atom is -0.373 e. The molecule has 1 N–H and O–H groups in total. The quantitative estimate of drug-likeness (QED) is 0.834. The lowest BCUT2D eigenvalue weighted by Gasteiger charge is -2.23. The first-order valence-corrected chi connectivity index (χ1v) is 8.03. The van der Waals surface area contributed by atoms with Gasteiger partial charge in [0.1, 0.15) is 10.7 Å². The van der Waals surface area contributed by atoms with Gasteiger partial charge < -0.3 is 5.32 Å². The SMILES string of the molecule is CCC(C)CN(CC)S(=O)(=O)c1ccc(NC)nc1. The number of rotatable bonds is 7. The molecular weight excluding hydrogens is 262 g/mol. The summed E-state index contributed by atoms with van der Waals surface area (Å²) in [4.78, 5) is 4.31. The van der Waals surface area contributed by atoms with Crippen LogP contribution in [0.5, 0.6) is 0 Å². The summed E-state index contributed by atoms with van der Waals surface area (Å²) in [5.74, 6) is 1.00. The molecule has 6 heteroatoms. The number of sulfonamides is 1. The maximum atomic E-state index is 12.5. The first kappa shape index (κ1) is 15.9. The lowest BCUT2D eigenvalue weighted by molar-refractivity contribution is 0.361. The third-order valence-electron chi connectivity index (χ3n) is 3.20. The van der Waals surface area contributed by atoms with Crippen molar-refractivity contribution < 1.29 is 8.42 Å². The molecule has 0 radical (unpaired) electrons. The molecule has 0 bridgehead atoms. The van der Waals surface area contributed by atoms with Gasteiger partial charge in [-0.3, -0.25) is 0 Å². The summed E-state index contributed by atoms with van der Waals surface area (Å²) >= 11 is 0. The van der Waals surface area contributed by atoms with E-state index >= 15 is 0 Å². The number of pyridine rings is 1. The Balaban J connectivity index is 2.99. The summed E-state index contributed by atoms with van der Waals surface area (Å²) in [6.07, 6.45) is 2.36. The fraction of sp³-hybridized carbons (Fsp3) is 0.615. The predicted octanol–water partition coefficient (Wildman–Crippen LogP) is 2.18. The van der Waals surface area contributed by atoms with Crippen LogP contribution in [0.4, 0.5) is 5.82 Å². The molecule has 0 spiro atoms. The van der Waals surface area contributed by atoms with Crippen LogP contribution in [0, 0.1) is 5.92 Å². The molecule has 0 aliphatic carbocycles. The number of nitrogens with one attached hydrogen (secondary N) is 1. The van der Waals surface area contributed by atoms with Crippen molar-refractivity contribution in [1.29, 1.82) is 0 Å². The lowest BCUT2D eigenvalue weighted by Crippen LogP contribution is -2.34. The molecular formula is C13H23N3O2S. The first-order chi connectivity index (χ1) is 8.95. The standard InChI is InChI=1S/C13H23N3O2S/c1-5-11(3)10-16(6-2)19(17,18)12-7-8-13(14-4)15-9-12/h7-9,11H,5-6,10H2,1-4H3,(H,14,15). The number of anilines is 1. The smallest absolute Gasteiger partial charge is 0.244 e. The Hall–Kier alpha value is -1.14. The third-order valence-corrected chi connectivity index (χ3v) is 5.12. The Kier molecular flexibility index (Phi) is 5.75. The summed E-state index contributed by atoms with van der Waals surface area (Å²) < 4.78 is 26.5. The van der Waals surface area contributed by atoms with Crippen LogP contribution >= 0.6 is 0 Å². The zero-order chi connectivity index (χ0) is 14.5. The topological polar surface area (TPSA) is 62.3 Å². The van der Waals surface area contributed by atoms with Gasteiger partial charge in [0.15, 0.2) is 0 Å². The summed E-state index contributed by atoms with van der Waals surface area (Å²) in [7, 11) is -1.69. The van der Waals surface area contributed by atoms with Crippen molar-refractivity contribution >= 4 is 15.8 Å². The summed E-state index contributed by atoms with van der Waals surface area (Å²) in [5, 5.41) is 2.87. The maximum absolute atomic E-state index is 12.5. The highest BCUT2D eigenvalue weighted by atomic mass is 32.2. The average Bonchev–Trinajstić information content (AvgIpc) is 2.44. The van der Waals surface area contributed by atoms with Gasteiger partial charge in [0.25, 0.3) is 0 Å². The van der Waals surface area contributed by atoms with Gasteiger partial charge in [0.2, 0.25) is 10.0 Å². The lowest BCUT2D eigenvalue weighted by atomic mass is 10.1. The van der Waals surface area contributed by atoms with Crippen LogP contribution in [0.15, 0.2) is 23.2 Å². The molecule has 1 atom stereocenters. The van der Waals surface area contributed by atoms with Crippen LogP contribution in [0.25, 0.3) is 0 Å². The van der Waals surface area contributed by atoms with E-state index in [4.69, 9.17) is 0 Å². The second kappa shape index (κ2) is 6.86. The van der Waals surface area contributed by atoms with Crippen molar-refractivity contribution in [2.75, 3.05) is 25.5 Å². The molecule has 108 valence electrons. The van der Waals surface area contributed by atoms with Crippen LogP contribution in [-0.2, 0) is 10.0 Å². The predicted molar refractivity (Wildman–Crippen MR) is 77.7 cm³/mol. The molecule has 0 saturated heterocycles. The van der Waals surface area contributed by atoms with Crippen LogP contribution in [0.3, 0.4) is 0 Å². The van der Waals surface area contributed by atoms with E-state index in [1.807, 2.05) is 6.92 Å². The van der Waals surface area contributed by atoms with Gasteiger partial charge in [-0.15, -0.1) is 0 Å². The molecule has 0 aliphatic rings. The van der Waals surface area contributed by atoms with E-state index in [-0.39, 0.29) is 4.90 Å². The Morgan fingerprint density at radius 2 is 2.05 bits per heavy atom. The van der Waals surface area contributed by atoms with Gasteiger partial charge in [0.05, 0.1) is 0 Å². The molecule has 1 aromatic rings. The van der Waals surface area contributed by atoms with Crippen molar-refractivity contribution in [1.82, 2.24) is 9.29 Å². The zero-order valence-corrected chi connectivity index (χ0v) is 12.9. The van der Waals surface area contributed by atoms with Gasteiger partial charge in [0, 0.05) is 26.3 Å². The Morgan fingerprint density at radius 3 is 2.47 bits per heavy atom. The highest BCUT2D eigenvalue weighted by Gasteiger charge is 2.24. The monoisotopic (exact) mass is 285 g/mol. The minimum absolute atomic E-state index is 0.247. The zero-order valence-electron chi connectivity index (χ0n) is 12.0. The molecule has 1 unspecified atom stereocenters. The second-order valence-electron chi connectivity index (χ2n) is 4.60. The molecule has 0 aromatic carbocycles. The van der Waals surface area contributed by atoms with Crippen molar-refractivity contribution in [3.8, 4) is 0 Å². The summed E-state index contributed by atoms with van der Waals surface area (Å²) in [5.41, 5.74) is 0. The molecule has 1 heterocycles. The van der Waals surface area contributed by atoms with Gasteiger partial charge >= 0.3 is 0 Å². The van der Waals surface area contributed by atoms with E-state index in [0.29, 0.717) is 24.8 Å². The van der Waals surface area contributed by atoms with Crippen LogP contribution in [0.1, 0.15) is 27.2 Å². The number of aromatic nitrogens is 1. The fourth-order valence-electron chi connectivity index (χ4n) is 1.70. The van der Waals surface area contributed by atoms with Crippen LogP contribution in [-0.4, -0.2) is 37.8 Å². The number of nitrogens with zero attached hydrogens (tertiary/aromatic N) is 2. The maximum Gasteiger partial charge on any atom is 0.244 e. The first-order valence-electron chi connectivity index (χ1n) is 6.59. The third kappa shape index (κ3) is 3.91. The highest BCUT2D eigenvalue weighted by molar-refractivity contribution is 7.89. The molecule has 0 aliphatic heterocycles. The van der Waals surface area contributed by atoms with E-state index < -0.39 is 10.0 Å². The molecule has 1 aromatic heterocycles. The molecule has 1 rings (SSSR count). The van der Waals surface area contributed by atoms with Crippen molar-refractivity contribution in [3.63, 3.8) is 0 Å². The Morgan fingerprint density at radius 1 is 1.37 bits per heavy atom. The molecule has 5 nitrogen and oxygen atoms in total. The Bertz CT molecular complexity index is 485. The van der Waals surface area contributed by atoms with E-state index in [2.05, 4.69) is 24.1 Å². The fourth-order valence-corrected chi connectivity index (χ4v) is 3.22. The number of hydrogen-bond donors (Lipinski definition) is 1. The largest absolute Gasteiger partial charge is 0.373 e. The number of hydrogen-bond acceptors (Lipinski definition) is 4. The molecule has 19 heavy (non-hydrogen) atoms. The van der Waals surface area contributed by atoms with E-state index in [1.165, 1.54) is 10.5 Å². The van der Waals surface area contributed by atoms with Gasteiger partial charge in [-0.1, -0.05) is 27.2 Å². The van der Waals surface area contributed by atoms with Crippen molar-refractivity contribution in [2.24, 2.45) is 5.92 Å². The molecule has 0 amide bonds. The van der Waals surface area contributed by atoms with Crippen molar-refractivity contribution in [2.45, 2.75) is 32.1 Å². The van der Waals surface area contributed by atoms with Gasteiger partial charge in [-0.2, -0.15) is 4.31 Å². The Labute approximate surface area is 116 Å². The van der Waals surface area contributed by atoms with E-state index in [1.54, 1.807) is 19.2 Å². The van der Waals surface area contributed by atoms with Crippen molar-refractivity contribution in [3.05, 3.63) is 18.3 Å². The molecule has 0 saturated carbocycles. The van der Waals surface area contributed by atoms with Gasteiger partial charge in [-0.25, -0.2) is 13.4 Å². The molecule has 0 fully saturated rings. The minimum atomic E-state index is -3.44. The second-order valence-corrected chi connectivity index (χ2v) is 6.54. The van der Waals surface area contributed by atoms with Crippen LogP contribution in [0.2, 0.25) is 0 Å². The summed E-state index contributed by atoms with van der Waals surface area (Å²) in [6, 6.07) is 3.26. The normalized spacial score (nSPS) is 13.5. The van der Waals surface area contributed by atoms with E-state index in [0.717, 1.165) is 6.42 Å². The average molecular weight is 285 g/mol. The van der Waals surface area contributed by atoms with E-state index in [9.17, 15) is 8.42 Å².